The van der Waals surface area contributed by atoms with E-state index >= 15 is 0 Å². The number of carbonyl (C=O) groups excluding carboxylic acids is 1. The first-order chi connectivity index (χ1) is 8.04. The van der Waals surface area contributed by atoms with E-state index in [0.717, 1.165) is 12.8 Å². The van der Waals surface area contributed by atoms with E-state index in [-0.39, 0.29) is 17.9 Å². The molecule has 1 heterocycles. The number of nitrogens with zero attached hydrogens (tertiary/aromatic N) is 1. The first kappa shape index (κ1) is 14.0. The average Bonchev–Trinajstić information content (AvgIpc) is 2.74. The first-order valence-electron chi connectivity index (χ1n) is 6.11. The van der Waals surface area contributed by atoms with Gasteiger partial charge in [0, 0.05) is 26.0 Å². The van der Waals surface area contributed by atoms with Crippen LogP contribution in [0.4, 0.5) is 0 Å². The molecule has 0 aromatic rings. The normalized spacial score (nSPS) is 24.4. The van der Waals surface area contributed by atoms with Crippen molar-refractivity contribution >= 4 is 11.9 Å². The largest absolute Gasteiger partial charge is 0.480 e. The molecule has 0 aliphatic carbocycles. The van der Waals surface area contributed by atoms with Crippen LogP contribution < -0.4 is 0 Å². The van der Waals surface area contributed by atoms with Gasteiger partial charge in [-0.2, -0.15) is 0 Å². The minimum atomic E-state index is -0.941. The molecule has 2 atom stereocenters. The molecule has 2 unspecified atom stereocenters. The Morgan fingerprint density at radius 3 is 2.41 bits per heavy atom. The minimum Gasteiger partial charge on any atom is -0.480 e. The first-order valence-corrected chi connectivity index (χ1v) is 6.11. The zero-order valence-electron chi connectivity index (χ0n) is 10.7. The molecule has 1 aliphatic rings. The van der Waals surface area contributed by atoms with Crippen LogP contribution in [-0.2, 0) is 14.3 Å². The predicted molar refractivity (Wildman–Crippen MR) is 62.6 cm³/mol. The molecule has 0 spiro atoms. The molecule has 1 amide bonds. The molecule has 98 valence electrons. The molecule has 0 aromatic carbocycles. The van der Waals surface area contributed by atoms with Gasteiger partial charge in [-0.1, -0.05) is 13.8 Å². The summed E-state index contributed by atoms with van der Waals surface area (Å²) in [4.78, 5) is 24.8. The molecular weight excluding hydrogens is 222 g/mol. The van der Waals surface area contributed by atoms with Crippen molar-refractivity contribution in [2.24, 2.45) is 5.92 Å². The summed E-state index contributed by atoms with van der Waals surface area (Å²) < 4.78 is 5.16. The third kappa shape index (κ3) is 2.97. The van der Waals surface area contributed by atoms with Gasteiger partial charge < -0.3 is 14.7 Å². The van der Waals surface area contributed by atoms with E-state index in [4.69, 9.17) is 9.84 Å². The molecule has 5 nitrogen and oxygen atoms in total. The Hall–Kier alpha value is -1.10. The highest BCUT2D eigenvalue weighted by atomic mass is 16.5. The van der Waals surface area contributed by atoms with Crippen LogP contribution in [0.5, 0.6) is 0 Å². The molecule has 0 radical (unpaired) electrons. The third-order valence-electron chi connectivity index (χ3n) is 3.50. The number of amides is 1. The van der Waals surface area contributed by atoms with Gasteiger partial charge in [0.15, 0.2) is 0 Å². The molecule has 1 N–H and O–H groups in total. The summed E-state index contributed by atoms with van der Waals surface area (Å²) in [6.07, 6.45) is 1.72. The highest BCUT2D eigenvalue weighted by Crippen LogP contribution is 2.24. The van der Waals surface area contributed by atoms with Crippen LogP contribution in [0.25, 0.3) is 0 Å². The van der Waals surface area contributed by atoms with Crippen LogP contribution in [0.1, 0.15) is 33.1 Å². The molecule has 5 heteroatoms. The van der Waals surface area contributed by atoms with E-state index in [0.29, 0.717) is 13.0 Å². The second-order valence-electron chi connectivity index (χ2n) is 4.45. The molecule has 1 aliphatic heterocycles. The second-order valence-corrected chi connectivity index (χ2v) is 4.45. The molecular formula is C12H21NO4. The van der Waals surface area contributed by atoms with Gasteiger partial charge in [0.2, 0.25) is 5.91 Å². The van der Waals surface area contributed by atoms with Gasteiger partial charge in [0.25, 0.3) is 0 Å². The van der Waals surface area contributed by atoms with Crippen LogP contribution in [0.15, 0.2) is 0 Å². The Kier molecular flexibility index (Phi) is 4.93. The minimum absolute atomic E-state index is 0.0537. The summed E-state index contributed by atoms with van der Waals surface area (Å²) in [7, 11) is 1.55. The Balaban J connectivity index is 2.79. The van der Waals surface area contributed by atoms with E-state index in [1.807, 2.05) is 13.8 Å². The lowest BCUT2D eigenvalue weighted by Gasteiger charge is -2.25. The molecule has 0 bridgehead atoms. The van der Waals surface area contributed by atoms with Crippen molar-refractivity contribution in [1.29, 1.82) is 0 Å². The van der Waals surface area contributed by atoms with E-state index in [1.165, 1.54) is 4.90 Å². The number of aliphatic carboxylic acids is 1. The standard InChI is InChI=1S/C12H21NO4/c1-4-8(5-2)11(14)13-7-9(17-3)6-10(13)12(15)16/h8-10H,4-7H2,1-3H3,(H,15,16). The van der Waals surface area contributed by atoms with Crippen molar-refractivity contribution in [2.75, 3.05) is 13.7 Å². The highest BCUT2D eigenvalue weighted by Gasteiger charge is 2.41. The number of hydrogen-bond donors (Lipinski definition) is 1. The van der Waals surface area contributed by atoms with Crippen LogP contribution >= 0.6 is 0 Å². The Labute approximate surface area is 102 Å². The molecule has 1 fully saturated rings. The zero-order valence-corrected chi connectivity index (χ0v) is 10.7. The number of carbonyl (C=O) groups is 2. The van der Waals surface area contributed by atoms with Gasteiger partial charge in [-0.05, 0) is 12.8 Å². The van der Waals surface area contributed by atoms with E-state index in [2.05, 4.69) is 0 Å². The summed E-state index contributed by atoms with van der Waals surface area (Å²) in [6.45, 7) is 4.29. The van der Waals surface area contributed by atoms with Crippen molar-refractivity contribution in [1.82, 2.24) is 4.90 Å². The fraction of sp³-hybridized carbons (Fsp3) is 0.833. The van der Waals surface area contributed by atoms with E-state index < -0.39 is 12.0 Å². The Morgan fingerprint density at radius 2 is 2.00 bits per heavy atom. The summed E-state index contributed by atoms with van der Waals surface area (Å²) >= 11 is 0. The van der Waals surface area contributed by atoms with Crippen molar-refractivity contribution < 1.29 is 19.4 Å². The number of carboxylic acids is 1. The predicted octanol–water partition coefficient (Wildman–Crippen LogP) is 1.12. The van der Waals surface area contributed by atoms with Gasteiger partial charge in [-0.25, -0.2) is 4.79 Å². The van der Waals surface area contributed by atoms with Gasteiger partial charge in [-0.15, -0.1) is 0 Å². The summed E-state index contributed by atoms with van der Waals surface area (Å²) in [5.74, 6) is -1.07. The summed E-state index contributed by atoms with van der Waals surface area (Å²) in [5.41, 5.74) is 0. The van der Waals surface area contributed by atoms with Crippen LogP contribution in [0.2, 0.25) is 0 Å². The fourth-order valence-electron chi connectivity index (χ4n) is 2.32. The van der Waals surface area contributed by atoms with Crippen LogP contribution in [0.3, 0.4) is 0 Å². The zero-order chi connectivity index (χ0) is 13.0. The van der Waals surface area contributed by atoms with Crippen molar-refractivity contribution in [3.8, 4) is 0 Å². The van der Waals surface area contributed by atoms with Crippen molar-refractivity contribution in [3.63, 3.8) is 0 Å². The number of rotatable bonds is 5. The van der Waals surface area contributed by atoms with Crippen molar-refractivity contribution in [3.05, 3.63) is 0 Å². The van der Waals surface area contributed by atoms with Gasteiger partial charge in [0.1, 0.15) is 6.04 Å². The average molecular weight is 243 g/mol. The maximum atomic E-state index is 12.2. The molecule has 1 saturated heterocycles. The van der Waals surface area contributed by atoms with Crippen LogP contribution in [-0.4, -0.2) is 47.7 Å². The second kappa shape index (κ2) is 6.00. The lowest BCUT2D eigenvalue weighted by molar-refractivity contribution is -0.150. The fourth-order valence-corrected chi connectivity index (χ4v) is 2.32. The van der Waals surface area contributed by atoms with Gasteiger partial charge >= 0.3 is 5.97 Å². The number of methoxy groups -OCH3 is 1. The number of carboxylic acid groups (broad SMARTS) is 1. The van der Waals surface area contributed by atoms with Crippen LogP contribution in [0, 0.1) is 5.92 Å². The lowest BCUT2D eigenvalue weighted by atomic mass is 10.0. The summed E-state index contributed by atoms with van der Waals surface area (Å²) in [5, 5.41) is 9.12. The highest BCUT2D eigenvalue weighted by molar-refractivity contribution is 5.85. The van der Waals surface area contributed by atoms with Crippen molar-refractivity contribution in [2.45, 2.75) is 45.3 Å². The van der Waals surface area contributed by atoms with Gasteiger partial charge in [-0.3, -0.25) is 4.79 Å². The molecule has 17 heavy (non-hydrogen) atoms. The number of hydrogen-bond acceptors (Lipinski definition) is 3. The molecule has 0 saturated carbocycles. The third-order valence-corrected chi connectivity index (χ3v) is 3.50. The van der Waals surface area contributed by atoms with Gasteiger partial charge in [0.05, 0.1) is 6.10 Å². The topological polar surface area (TPSA) is 66.8 Å². The smallest absolute Gasteiger partial charge is 0.326 e. The maximum absolute atomic E-state index is 12.2. The number of ether oxygens (including phenoxy) is 1. The molecule has 1 rings (SSSR count). The monoisotopic (exact) mass is 243 g/mol. The Bertz CT molecular complexity index is 288. The maximum Gasteiger partial charge on any atom is 0.326 e. The SMILES string of the molecule is CCC(CC)C(=O)N1CC(OC)CC1C(=O)O. The molecule has 0 aromatic heterocycles. The van der Waals surface area contributed by atoms with E-state index in [9.17, 15) is 9.59 Å². The van der Waals surface area contributed by atoms with E-state index in [1.54, 1.807) is 7.11 Å². The summed E-state index contributed by atoms with van der Waals surface area (Å²) in [6, 6.07) is -0.729. The lowest BCUT2D eigenvalue weighted by Crippen LogP contribution is -2.43. The number of likely N-dealkylation sites (tertiary alicyclic amines) is 1. The Morgan fingerprint density at radius 1 is 1.41 bits per heavy atom. The quantitative estimate of drug-likeness (QED) is 0.785.